The molecule has 0 aliphatic carbocycles. The van der Waals surface area contributed by atoms with Crippen LogP contribution in [0, 0.1) is 5.95 Å². The lowest BCUT2D eigenvalue weighted by atomic mass is 10.3. The van der Waals surface area contributed by atoms with Gasteiger partial charge in [-0.15, -0.1) is 0 Å². The zero-order chi connectivity index (χ0) is 18.3. The van der Waals surface area contributed by atoms with Crippen LogP contribution in [-0.4, -0.2) is 22.9 Å². The zero-order valence-electron chi connectivity index (χ0n) is 11.3. The fourth-order valence-electron chi connectivity index (χ4n) is 1.63. The van der Waals surface area contributed by atoms with Crippen molar-refractivity contribution >= 4 is 62.1 Å². The van der Waals surface area contributed by atoms with Crippen LogP contribution in [0.25, 0.3) is 0 Å². The van der Waals surface area contributed by atoms with Gasteiger partial charge in [-0.05, 0) is 18.2 Å². The van der Waals surface area contributed by atoms with Crippen LogP contribution in [0.1, 0.15) is 5.82 Å². The molecule has 1 heterocycles. The molecule has 0 spiro atoms. The number of nitrogen functional groups attached to an aromatic ring is 1. The van der Waals surface area contributed by atoms with E-state index in [4.69, 9.17) is 45.1 Å². The third-order valence-electron chi connectivity index (χ3n) is 2.61. The Balaban J connectivity index is 2.45. The Hall–Kier alpha value is -1.46. The van der Waals surface area contributed by atoms with Gasteiger partial charge in [0.25, 0.3) is 10.1 Å². The highest BCUT2D eigenvalue weighted by atomic mass is 35.5. The average Bonchev–Trinajstić information content (AvgIpc) is 2.41. The second-order valence-electron chi connectivity index (χ2n) is 4.35. The molecule has 7 nitrogen and oxygen atoms in total. The Morgan fingerprint density at radius 1 is 1.29 bits per heavy atom. The minimum Gasteiger partial charge on any atom is -0.398 e. The number of alkyl halides is 3. The predicted molar refractivity (Wildman–Crippen MR) is 85.4 cm³/mol. The highest BCUT2D eigenvalue weighted by Gasteiger charge is 2.31. The summed E-state index contributed by atoms with van der Waals surface area (Å²) in [6.45, 7) is 0. The molecule has 13 heteroatoms. The summed E-state index contributed by atoms with van der Waals surface area (Å²) in [4.78, 5) is 6.11. The number of nitrogens with zero attached hydrogens (tertiary/aromatic N) is 2. The third kappa shape index (κ3) is 4.14. The molecule has 0 amide bonds. The van der Waals surface area contributed by atoms with Crippen molar-refractivity contribution in [3.8, 4) is 0 Å². The third-order valence-corrected chi connectivity index (χ3v) is 4.22. The lowest BCUT2D eigenvalue weighted by molar-refractivity contribution is 0.380. The van der Waals surface area contributed by atoms with Crippen LogP contribution < -0.4 is 11.1 Å². The maximum Gasteiger partial charge on any atom is 0.317 e. The SMILES string of the molecule is Nc1cc(Nc2nc(C(F)(Cl)Cl)nc(F)c2Cl)ccc1S(=O)(=O)O. The van der Waals surface area contributed by atoms with Gasteiger partial charge >= 0.3 is 4.59 Å². The molecule has 4 N–H and O–H groups in total. The van der Waals surface area contributed by atoms with Crippen LogP contribution in [0.15, 0.2) is 23.1 Å². The maximum atomic E-state index is 13.6. The lowest BCUT2D eigenvalue weighted by Crippen LogP contribution is -2.12. The molecule has 2 aromatic rings. The van der Waals surface area contributed by atoms with Gasteiger partial charge in [-0.25, -0.2) is 4.98 Å². The Kier molecular flexibility index (Phi) is 5.07. The van der Waals surface area contributed by atoms with E-state index in [1.807, 2.05) is 0 Å². The fraction of sp³-hybridized carbons (Fsp3) is 0.0909. The first-order valence-corrected chi connectivity index (χ1v) is 8.41. The van der Waals surface area contributed by atoms with E-state index in [-0.39, 0.29) is 17.2 Å². The van der Waals surface area contributed by atoms with Gasteiger partial charge in [-0.3, -0.25) is 4.55 Å². The Labute approximate surface area is 149 Å². The van der Waals surface area contributed by atoms with E-state index < -0.39 is 36.4 Å². The fourth-order valence-corrected chi connectivity index (χ4v) is 2.52. The molecular formula is C11H7Cl3F2N4O3S. The number of rotatable bonds is 4. The van der Waals surface area contributed by atoms with Crippen molar-refractivity contribution in [3.63, 3.8) is 0 Å². The average molecular weight is 420 g/mol. The van der Waals surface area contributed by atoms with Crippen LogP contribution in [0.2, 0.25) is 5.02 Å². The summed E-state index contributed by atoms with van der Waals surface area (Å²) >= 11 is 16.0. The summed E-state index contributed by atoms with van der Waals surface area (Å²) in [5.41, 5.74) is 5.31. The standard InChI is InChI=1S/C11H7Cl3F2N4O3S/c12-7-8(15)19-10(11(13,14)16)20-9(7)18-4-1-2-6(5(17)3-4)24(21,22)23/h1-3H,17H2,(H,18,19,20)(H,21,22,23). The molecule has 0 unspecified atom stereocenters. The van der Waals surface area contributed by atoms with E-state index in [9.17, 15) is 17.2 Å². The molecule has 0 aliphatic heterocycles. The Morgan fingerprint density at radius 2 is 1.92 bits per heavy atom. The second kappa shape index (κ2) is 6.45. The van der Waals surface area contributed by atoms with Crippen LogP contribution in [0.5, 0.6) is 0 Å². The van der Waals surface area contributed by atoms with Crippen molar-refractivity contribution in [1.29, 1.82) is 0 Å². The van der Waals surface area contributed by atoms with Gasteiger partial charge in [0.1, 0.15) is 9.92 Å². The second-order valence-corrected chi connectivity index (χ2v) is 7.35. The molecule has 1 aromatic carbocycles. The Morgan fingerprint density at radius 3 is 2.42 bits per heavy atom. The number of benzene rings is 1. The van der Waals surface area contributed by atoms with Crippen LogP contribution in [0.3, 0.4) is 0 Å². The van der Waals surface area contributed by atoms with Crippen LogP contribution in [-0.2, 0) is 14.7 Å². The topological polar surface area (TPSA) is 118 Å². The molecule has 0 saturated heterocycles. The number of hydrogen-bond donors (Lipinski definition) is 3. The van der Waals surface area contributed by atoms with E-state index in [0.717, 1.165) is 12.1 Å². The highest BCUT2D eigenvalue weighted by molar-refractivity contribution is 7.86. The number of nitrogens with one attached hydrogen (secondary N) is 1. The quantitative estimate of drug-likeness (QED) is 0.301. The van der Waals surface area contributed by atoms with Crippen molar-refractivity contribution < 1.29 is 21.8 Å². The Bertz CT molecular complexity index is 906. The van der Waals surface area contributed by atoms with E-state index in [0.29, 0.717) is 0 Å². The van der Waals surface area contributed by atoms with E-state index in [1.165, 1.54) is 6.07 Å². The van der Waals surface area contributed by atoms with Crippen LogP contribution in [0.4, 0.5) is 26.0 Å². The first-order valence-electron chi connectivity index (χ1n) is 5.84. The van der Waals surface area contributed by atoms with E-state index in [1.54, 1.807) is 0 Å². The summed E-state index contributed by atoms with van der Waals surface area (Å²) < 4.78 is 55.1. The molecule has 0 bridgehead atoms. The first-order chi connectivity index (χ1) is 10.9. The van der Waals surface area contributed by atoms with Gasteiger partial charge in [0.05, 0.1) is 5.69 Å². The predicted octanol–water partition coefficient (Wildman–Crippen LogP) is 3.40. The minimum absolute atomic E-state index is 0.111. The van der Waals surface area contributed by atoms with Gasteiger partial charge in [0, 0.05) is 5.69 Å². The van der Waals surface area contributed by atoms with Crippen LogP contribution >= 0.6 is 34.8 Å². The first kappa shape index (κ1) is 18.9. The van der Waals surface area contributed by atoms with Crippen molar-refractivity contribution in [2.75, 3.05) is 11.1 Å². The van der Waals surface area contributed by atoms with E-state index in [2.05, 4.69) is 15.3 Å². The minimum atomic E-state index is -4.51. The molecule has 130 valence electrons. The molecule has 0 aliphatic rings. The smallest absolute Gasteiger partial charge is 0.317 e. The van der Waals surface area contributed by atoms with Crippen molar-refractivity contribution in [2.24, 2.45) is 0 Å². The molecule has 2 rings (SSSR count). The van der Waals surface area contributed by atoms with E-state index >= 15 is 0 Å². The summed E-state index contributed by atoms with van der Waals surface area (Å²) in [7, 11) is -4.51. The largest absolute Gasteiger partial charge is 0.398 e. The summed E-state index contributed by atoms with van der Waals surface area (Å²) in [5.74, 6) is -2.56. The summed E-state index contributed by atoms with van der Waals surface area (Å²) in [6.07, 6.45) is 0. The number of halogens is 5. The monoisotopic (exact) mass is 418 g/mol. The highest BCUT2D eigenvalue weighted by Crippen LogP contribution is 2.36. The normalized spacial score (nSPS) is 12.2. The lowest BCUT2D eigenvalue weighted by Gasteiger charge is -2.13. The summed E-state index contributed by atoms with van der Waals surface area (Å²) in [6, 6.07) is 3.27. The summed E-state index contributed by atoms with van der Waals surface area (Å²) in [5, 5.41) is 1.89. The number of nitrogens with two attached hydrogens (primary N) is 1. The molecule has 1 aromatic heterocycles. The van der Waals surface area contributed by atoms with Gasteiger partial charge in [0.15, 0.2) is 5.82 Å². The molecule has 0 radical (unpaired) electrons. The number of hydrogen-bond acceptors (Lipinski definition) is 6. The molecule has 0 saturated carbocycles. The van der Waals surface area contributed by atoms with Gasteiger partial charge in [-0.1, -0.05) is 34.8 Å². The van der Waals surface area contributed by atoms with Gasteiger partial charge in [0.2, 0.25) is 11.8 Å². The molecular weight excluding hydrogens is 413 g/mol. The molecule has 0 fully saturated rings. The van der Waals surface area contributed by atoms with Crippen molar-refractivity contribution in [1.82, 2.24) is 9.97 Å². The zero-order valence-corrected chi connectivity index (χ0v) is 14.3. The molecule has 0 atom stereocenters. The molecule has 24 heavy (non-hydrogen) atoms. The van der Waals surface area contributed by atoms with Gasteiger partial charge in [-0.2, -0.15) is 22.2 Å². The van der Waals surface area contributed by atoms with Gasteiger partial charge < -0.3 is 11.1 Å². The van der Waals surface area contributed by atoms with Crippen molar-refractivity contribution in [3.05, 3.63) is 35.0 Å². The maximum absolute atomic E-state index is 13.6. The number of anilines is 3. The number of aromatic nitrogens is 2. The van der Waals surface area contributed by atoms with Crippen molar-refractivity contribution in [2.45, 2.75) is 9.48 Å².